The average Bonchev–Trinajstić information content (AvgIpc) is 3.41. The average molecular weight is 377 g/mol. The Morgan fingerprint density at radius 3 is 2.75 bits per heavy atom. The second-order valence-corrected chi connectivity index (χ2v) is 7.20. The summed E-state index contributed by atoms with van der Waals surface area (Å²) in [6, 6.07) is 17.3. The molecule has 1 aliphatic heterocycles. The minimum atomic E-state index is 0.274. The van der Waals surface area contributed by atoms with E-state index in [-0.39, 0.29) is 6.04 Å². The van der Waals surface area contributed by atoms with Gasteiger partial charge in [-0.15, -0.1) is 0 Å². The van der Waals surface area contributed by atoms with E-state index in [1.165, 1.54) is 24.0 Å². The van der Waals surface area contributed by atoms with Crippen LogP contribution in [0.2, 0.25) is 0 Å². The van der Waals surface area contributed by atoms with Crippen LogP contribution in [-0.2, 0) is 13.1 Å². The molecule has 1 atom stereocenters. The molecule has 0 amide bonds. The molecule has 0 saturated carbocycles. The normalized spacial score (nSPS) is 13.8. The standard InChI is InChI=1S/C23H27N3O2/c1-2-3-12-26(17-25-13-11-24-16-25)21(20-7-5-4-6-8-20)14-19-9-10-22-23(15-19)28-18-27-22/h4-11,13,15-16,21H,2-3,12,14,17-18H2,1H3. The predicted molar refractivity (Wildman–Crippen MR) is 109 cm³/mol. The lowest BCUT2D eigenvalue weighted by Crippen LogP contribution is -2.33. The van der Waals surface area contributed by atoms with Crippen LogP contribution in [0, 0.1) is 0 Å². The number of fused-ring (bicyclic) bond motifs is 1. The number of hydrogen-bond donors (Lipinski definition) is 0. The monoisotopic (exact) mass is 377 g/mol. The first-order chi connectivity index (χ1) is 13.8. The third-order valence-corrected chi connectivity index (χ3v) is 5.19. The van der Waals surface area contributed by atoms with Gasteiger partial charge in [0.2, 0.25) is 6.79 Å². The van der Waals surface area contributed by atoms with E-state index < -0.39 is 0 Å². The van der Waals surface area contributed by atoms with Crippen molar-refractivity contribution >= 4 is 0 Å². The Morgan fingerprint density at radius 1 is 1.11 bits per heavy atom. The van der Waals surface area contributed by atoms with E-state index in [4.69, 9.17) is 9.47 Å². The highest BCUT2D eigenvalue weighted by atomic mass is 16.7. The molecule has 3 aromatic rings. The van der Waals surface area contributed by atoms with Gasteiger partial charge in [0, 0.05) is 25.0 Å². The fraction of sp³-hybridized carbons (Fsp3) is 0.348. The molecule has 1 unspecified atom stereocenters. The maximum atomic E-state index is 5.59. The lowest BCUT2D eigenvalue weighted by Gasteiger charge is -2.32. The summed E-state index contributed by atoms with van der Waals surface area (Å²) in [5.41, 5.74) is 2.58. The van der Waals surface area contributed by atoms with E-state index in [0.29, 0.717) is 6.79 Å². The lowest BCUT2D eigenvalue weighted by atomic mass is 9.97. The minimum absolute atomic E-state index is 0.274. The number of imidazole rings is 1. The summed E-state index contributed by atoms with van der Waals surface area (Å²) < 4.78 is 13.2. The van der Waals surface area contributed by atoms with Crippen LogP contribution in [0.4, 0.5) is 0 Å². The molecule has 146 valence electrons. The molecule has 1 aromatic heterocycles. The SMILES string of the molecule is CCCCN(Cn1ccnc1)C(Cc1ccc2c(c1)OCO2)c1ccccc1. The molecule has 0 spiro atoms. The quantitative estimate of drug-likeness (QED) is 0.544. The summed E-state index contributed by atoms with van der Waals surface area (Å²) in [5.74, 6) is 1.68. The number of benzene rings is 2. The Hall–Kier alpha value is -2.79. The maximum absolute atomic E-state index is 5.59. The highest BCUT2D eigenvalue weighted by molar-refractivity contribution is 5.45. The second-order valence-electron chi connectivity index (χ2n) is 7.20. The molecule has 0 bridgehead atoms. The predicted octanol–water partition coefficient (Wildman–Crippen LogP) is 4.66. The number of ether oxygens (including phenoxy) is 2. The van der Waals surface area contributed by atoms with Crippen molar-refractivity contribution in [1.29, 1.82) is 0 Å². The van der Waals surface area contributed by atoms with Crippen molar-refractivity contribution in [3.8, 4) is 11.5 Å². The fourth-order valence-electron chi connectivity index (χ4n) is 3.69. The molecule has 2 heterocycles. The summed E-state index contributed by atoms with van der Waals surface area (Å²) in [5, 5.41) is 0. The zero-order chi connectivity index (χ0) is 19.2. The Morgan fingerprint density at radius 2 is 1.96 bits per heavy atom. The smallest absolute Gasteiger partial charge is 0.231 e. The molecule has 4 rings (SSSR count). The molecule has 0 aliphatic carbocycles. The highest BCUT2D eigenvalue weighted by Gasteiger charge is 2.22. The Labute approximate surface area is 166 Å². The second kappa shape index (κ2) is 8.93. The topological polar surface area (TPSA) is 39.5 Å². The number of rotatable bonds is 9. The summed E-state index contributed by atoms with van der Waals surface area (Å²) in [7, 11) is 0. The van der Waals surface area contributed by atoms with Gasteiger partial charge in [0.25, 0.3) is 0 Å². The van der Waals surface area contributed by atoms with Gasteiger partial charge in [0.1, 0.15) is 0 Å². The zero-order valence-corrected chi connectivity index (χ0v) is 16.3. The van der Waals surface area contributed by atoms with Crippen LogP contribution in [0.5, 0.6) is 11.5 Å². The number of unbranched alkanes of at least 4 members (excludes halogenated alkanes) is 1. The van der Waals surface area contributed by atoms with Crippen molar-refractivity contribution in [2.45, 2.75) is 38.9 Å². The van der Waals surface area contributed by atoms with Crippen LogP contribution in [-0.4, -0.2) is 27.8 Å². The van der Waals surface area contributed by atoms with Crippen LogP contribution in [0.1, 0.15) is 36.9 Å². The molecule has 1 aliphatic rings. The van der Waals surface area contributed by atoms with Gasteiger partial charge in [-0.2, -0.15) is 0 Å². The van der Waals surface area contributed by atoms with Crippen LogP contribution in [0.3, 0.4) is 0 Å². The van der Waals surface area contributed by atoms with E-state index in [1.54, 1.807) is 0 Å². The summed E-state index contributed by atoms with van der Waals surface area (Å²) in [6.45, 7) is 4.41. The molecule has 2 aromatic carbocycles. The summed E-state index contributed by atoms with van der Waals surface area (Å²) >= 11 is 0. The third-order valence-electron chi connectivity index (χ3n) is 5.19. The molecule has 5 heteroatoms. The van der Waals surface area contributed by atoms with Crippen molar-refractivity contribution in [2.24, 2.45) is 0 Å². The fourth-order valence-corrected chi connectivity index (χ4v) is 3.69. The molecule has 0 fully saturated rings. The van der Waals surface area contributed by atoms with Gasteiger partial charge >= 0.3 is 0 Å². The molecular weight excluding hydrogens is 350 g/mol. The van der Waals surface area contributed by atoms with Crippen molar-refractivity contribution in [3.05, 3.63) is 78.4 Å². The van der Waals surface area contributed by atoms with Crippen molar-refractivity contribution in [2.75, 3.05) is 13.3 Å². The van der Waals surface area contributed by atoms with E-state index in [1.807, 2.05) is 24.8 Å². The van der Waals surface area contributed by atoms with Gasteiger partial charge in [-0.1, -0.05) is 49.7 Å². The number of aromatic nitrogens is 2. The minimum Gasteiger partial charge on any atom is -0.454 e. The van der Waals surface area contributed by atoms with Gasteiger partial charge in [0.05, 0.1) is 13.0 Å². The Balaban J connectivity index is 1.63. The molecule has 28 heavy (non-hydrogen) atoms. The molecule has 0 N–H and O–H groups in total. The zero-order valence-electron chi connectivity index (χ0n) is 16.3. The Kier molecular flexibility index (Phi) is 5.92. The van der Waals surface area contributed by atoms with Gasteiger partial charge < -0.3 is 14.0 Å². The van der Waals surface area contributed by atoms with E-state index in [0.717, 1.165) is 31.1 Å². The van der Waals surface area contributed by atoms with E-state index in [2.05, 4.69) is 63.8 Å². The molecular formula is C23H27N3O2. The van der Waals surface area contributed by atoms with Crippen LogP contribution < -0.4 is 9.47 Å². The van der Waals surface area contributed by atoms with Gasteiger partial charge in [-0.05, 0) is 36.1 Å². The van der Waals surface area contributed by atoms with E-state index in [9.17, 15) is 0 Å². The number of nitrogens with zero attached hydrogens (tertiary/aromatic N) is 3. The number of hydrogen-bond acceptors (Lipinski definition) is 4. The Bertz CT molecular complexity index is 865. The van der Waals surface area contributed by atoms with Gasteiger partial charge in [0.15, 0.2) is 11.5 Å². The van der Waals surface area contributed by atoms with Crippen LogP contribution in [0.15, 0.2) is 67.3 Å². The molecule has 5 nitrogen and oxygen atoms in total. The molecule has 0 radical (unpaired) electrons. The first kappa shape index (κ1) is 18.6. The van der Waals surface area contributed by atoms with Gasteiger partial charge in [-0.3, -0.25) is 4.90 Å². The van der Waals surface area contributed by atoms with Crippen LogP contribution >= 0.6 is 0 Å². The van der Waals surface area contributed by atoms with Crippen molar-refractivity contribution < 1.29 is 9.47 Å². The first-order valence-electron chi connectivity index (χ1n) is 9.96. The van der Waals surface area contributed by atoms with Crippen molar-refractivity contribution in [3.63, 3.8) is 0 Å². The van der Waals surface area contributed by atoms with Crippen LogP contribution in [0.25, 0.3) is 0 Å². The third kappa shape index (κ3) is 4.37. The van der Waals surface area contributed by atoms with E-state index >= 15 is 0 Å². The lowest BCUT2D eigenvalue weighted by molar-refractivity contribution is 0.147. The summed E-state index contributed by atoms with van der Waals surface area (Å²) in [4.78, 5) is 6.76. The highest BCUT2D eigenvalue weighted by Crippen LogP contribution is 2.35. The molecule has 0 saturated heterocycles. The first-order valence-corrected chi connectivity index (χ1v) is 9.96. The maximum Gasteiger partial charge on any atom is 0.231 e. The van der Waals surface area contributed by atoms with Crippen molar-refractivity contribution in [1.82, 2.24) is 14.5 Å². The summed E-state index contributed by atoms with van der Waals surface area (Å²) in [6.07, 6.45) is 9.01. The largest absolute Gasteiger partial charge is 0.454 e. The van der Waals surface area contributed by atoms with Gasteiger partial charge in [-0.25, -0.2) is 4.98 Å².